The van der Waals surface area contributed by atoms with E-state index < -0.39 is 6.10 Å². The number of rotatable bonds is 4. The lowest BCUT2D eigenvalue weighted by Gasteiger charge is -2.22. The van der Waals surface area contributed by atoms with E-state index in [4.69, 9.17) is 5.90 Å². The van der Waals surface area contributed by atoms with Gasteiger partial charge in [-0.2, -0.15) is 0 Å². The number of β-amino-alcohol motifs (C(OH)–C–C–N with tert-alkyl or cyclic N) is 1. The molecule has 0 radical (unpaired) electrons. The lowest BCUT2D eigenvalue weighted by molar-refractivity contribution is 0.0404. The molecule has 3 N–H and O–H groups in total. The van der Waals surface area contributed by atoms with E-state index in [1.165, 1.54) is 11.3 Å². The molecular formula is C11H16N2O2. The molecule has 0 aromatic heterocycles. The van der Waals surface area contributed by atoms with E-state index in [1.807, 2.05) is 12.1 Å². The van der Waals surface area contributed by atoms with Gasteiger partial charge >= 0.3 is 0 Å². The minimum absolute atomic E-state index is 0.179. The monoisotopic (exact) mass is 208 g/mol. The van der Waals surface area contributed by atoms with Gasteiger partial charge in [-0.15, -0.1) is 0 Å². The van der Waals surface area contributed by atoms with E-state index in [-0.39, 0.29) is 6.61 Å². The molecule has 0 aliphatic carbocycles. The van der Waals surface area contributed by atoms with Crippen LogP contribution < -0.4 is 10.8 Å². The molecule has 4 nitrogen and oxygen atoms in total. The molecule has 15 heavy (non-hydrogen) atoms. The minimum atomic E-state index is -0.527. The van der Waals surface area contributed by atoms with E-state index in [0.29, 0.717) is 6.54 Å². The Morgan fingerprint density at radius 2 is 2.27 bits per heavy atom. The molecule has 1 aliphatic heterocycles. The summed E-state index contributed by atoms with van der Waals surface area (Å²) in [7, 11) is 0. The molecule has 0 amide bonds. The van der Waals surface area contributed by atoms with Crippen LogP contribution in [0.5, 0.6) is 0 Å². The highest BCUT2D eigenvalue weighted by Crippen LogP contribution is 2.27. The Hall–Kier alpha value is -1.10. The van der Waals surface area contributed by atoms with Crippen LogP contribution in [0.3, 0.4) is 0 Å². The van der Waals surface area contributed by atoms with Crippen molar-refractivity contribution in [3.05, 3.63) is 29.8 Å². The second kappa shape index (κ2) is 4.61. The van der Waals surface area contributed by atoms with Crippen molar-refractivity contribution in [1.29, 1.82) is 0 Å². The number of nitrogens with zero attached hydrogens (tertiary/aromatic N) is 1. The fraction of sp³-hybridized carbons (Fsp3) is 0.455. The summed E-state index contributed by atoms with van der Waals surface area (Å²) in [5.41, 5.74) is 2.56. The lowest BCUT2D eigenvalue weighted by Crippen LogP contribution is -2.34. The maximum Gasteiger partial charge on any atom is 0.0967 e. The molecule has 1 aromatic rings. The van der Waals surface area contributed by atoms with Crippen molar-refractivity contribution in [2.75, 3.05) is 24.6 Å². The fourth-order valence-corrected chi connectivity index (χ4v) is 2.01. The van der Waals surface area contributed by atoms with Crippen molar-refractivity contribution in [2.45, 2.75) is 12.5 Å². The van der Waals surface area contributed by atoms with Gasteiger partial charge in [-0.3, -0.25) is 0 Å². The molecule has 1 atom stereocenters. The summed E-state index contributed by atoms with van der Waals surface area (Å²) in [6, 6.07) is 8.27. The average Bonchev–Trinajstić information content (AvgIpc) is 2.62. The number of aliphatic hydroxyl groups is 1. The first-order valence-electron chi connectivity index (χ1n) is 5.14. The SMILES string of the molecule is NOCC(O)CN1CCc2ccccc21. The molecular weight excluding hydrogens is 192 g/mol. The number of anilines is 1. The van der Waals surface area contributed by atoms with Crippen molar-refractivity contribution in [2.24, 2.45) is 5.90 Å². The summed E-state index contributed by atoms with van der Waals surface area (Å²) in [6.07, 6.45) is 0.521. The van der Waals surface area contributed by atoms with Crippen molar-refractivity contribution in [1.82, 2.24) is 0 Å². The number of benzene rings is 1. The van der Waals surface area contributed by atoms with Crippen molar-refractivity contribution in [3.63, 3.8) is 0 Å². The Balaban J connectivity index is 2.01. The van der Waals surface area contributed by atoms with Gasteiger partial charge in [0.25, 0.3) is 0 Å². The van der Waals surface area contributed by atoms with E-state index in [1.54, 1.807) is 0 Å². The first-order chi connectivity index (χ1) is 7.31. The van der Waals surface area contributed by atoms with Crippen LogP contribution >= 0.6 is 0 Å². The van der Waals surface area contributed by atoms with Crippen LogP contribution in [0.4, 0.5) is 5.69 Å². The molecule has 0 bridgehead atoms. The Bertz CT molecular complexity index is 330. The van der Waals surface area contributed by atoms with Gasteiger partial charge < -0.3 is 14.8 Å². The third-order valence-electron chi connectivity index (χ3n) is 2.70. The van der Waals surface area contributed by atoms with Crippen LogP contribution in [0.2, 0.25) is 0 Å². The van der Waals surface area contributed by atoms with Gasteiger partial charge in [0.2, 0.25) is 0 Å². The lowest BCUT2D eigenvalue weighted by atomic mass is 10.2. The molecule has 0 fully saturated rings. The second-order valence-electron chi connectivity index (χ2n) is 3.81. The third-order valence-corrected chi connectivity index (χ3v) is 2.70. The van der Waals surface area contributed by atoms with Gasteiger partial charge in [0.1, 0.15) is 0 Å². The van der Waals surface area contributed by atoms with Crippen LogP contribution in [0.25, 0.3) is 0 Å². The number of para-hydroxylation sites is 1. The molecule has 0 spiro atoms. The predicted molar refractivity (Wildman–Crippen MR) is 58.5 cm³/mol. The average molecular weight is 208 g/mol. The van der Waals surface area contributed by atoms with Crippen LogP contribution in [0, 0.1) is 0 Å². The fourth-order valence-electron chi connectivity index (χ4n) is 2.01. The van der Waals surface area contributed by atoms with Crippen LogP contribution in [-0.2, 0) is 11.3 Å². The van der Waals surface area contributed by atoms with E-state index in [2.05, 4.69) is 21.9 Å². The highest BCUT2D eigenvalue weighted by molar-refractivity contribution is 5.57. The number of nitrogens with two attached hydrogens (primary N) is 1. The molecule has 0 saturated carbocycles. The van der Waals surface area contributed by atoms with Gasteiger partial charge in [-0.25, -0.2) is 5.90 Å². The predicted octanol–water partition coefficient (Wildman–Crippen LogP) is 0.300. The first kappa shape index (κ1) is 10.4. The zero-order valence-electron chi connectivity index (χ0n) is 8.60. The summed E-state index contributed by atoms with van der Waals surface area (Å²) < 4.78 is 0. The van der Waals surface area contributed by atoms with Gasteiger partial charge in [0.15, 0.2) is 0 Å². The summed E-state index contributed by atoms with van der Waals surface area (Å²) in [5, 5.41) is 9.59. The Kier molecular flexibility index (Phi) is 3.20. The Labute approximate surface area is 89.2 Å². The molecule has 0 saturated heterocycles. The second-order valence-corrected chi connectivity index (χ2v) is 3.81. The van der Waals surface area contributed by atoms with Gasteiger partial charge in [-0.05, 0) is 18.1 Å². The summed E-state index contributed by atoms with van der Waals surface area (Å²) in [4.78, 5) is 6.59. The standard InChI is InChI=1S/C11H16N2O2/c12-15-8-10(14)7-13-6-5-9-3-1-2-4-11(9)13/h1-4,10,14H,5-8,12H2. The molecule has 82 valence electrons. The topological polar surface area (TPSA) is 58.7 Å². The minimum Gasteiger partial charge on any atom is -0.389 e. The third kappa shape index (κ3) is 2.28. The molecule has 1 heterocycles. The first-order valence-corrected chi connectivity index (χ1v) is 5.14. The quantitative estimate of drug-likeness (QED) is 0.699. The van der Waals surface area contributed by atoms with E-state index in [0.717, 1.165) is 13.0 Å². The van der Waals surface area contributed by atoms with Gasteiger partial charge in [-0.1, -0.05) is 18.2 Å². The van der Waals surface area contributed by atoms with Crippen molar-refractivity contribution < 1.29 is 9.94 Å². The van der Waals surface area contributed by atoms with Crippen LogP contribution in [-0.4, -0.2) is 30.9 Å². The Morgan fingerprint density at radius 1 is 1.47 bits per heavy atom. The largest absolute Gasteiger partial charge is 0.389 e. The number of hydrogen-bond acceptors (Lipinski definition) is 4. The zero-order chi connectivity index (χ0) is 10.7. The number of aliphatic hydroxyl groups excluding tert-OH is 1. The van der Waals surface area contributed by atoms with Crippen LogP contribution in [0.1, 0.15) is 5.56 Å². The maximum atomic E-state index is 9.59. The highest BCUT2D eigenvalue weighted by atomic mass is 16.6. The summed E-state index contributed by atoms with van der Waals surface area (Å²) >= 11 is 0. The van der Waals surface area contributed by atoms with Gasteiger partial charge in [0.05, 0.1) is 12.7 Å². The maximum absolute atomic E-state index is 9.59. The molecule has 1 aliphatic rings. The van der Waals surface area contributed by atoms with Crippen molar-refractivity contribution in [3.8, 4) is 0 Å². The number of hydrogen-bond donors (Lipinski definition) is 2. The molecule has 2 rings (SSSR count). The zero-order valence-corrected chi connectivity index (χ0v) is 8.60. The van der Waals surface area contributed by atoms with Crippen LogP contribution in [0.15, 0.2) is 24.3 Å². The summed E-state index contributed by atoms with van der Waals surface area (Å²) in [6.45, 7) is 1.72. The normalized spacial score (nSPS) is 16.5. The highest BCUT2D eigenvalue weighted by Gasteiger charge is 2.20. The van der Waals surface area contributed by atoms with Gasteiger partial charge in [0, 0.05) is 18.8 Å². The smallest absolute Gasteiger partial charge is 0.0967 e. The van der Waals surface area contributed by atoms with E-state index >= 15 is 0 Å². The number of fused-ring (bicyclic) bond motifs is 1. The molecule has 1 aromatic carbocycles. The van der Waals surface area contributed by atoms with Crippen molar-refractivity contribution >= 4 is 5.69 Å². The Morgan fingerprint density at radius 3 is 3.07 bits per heavy atom. The summed E-state index contributed by atoms with van der Waals surface area (Å²) in [5.74, 6) is 4.92. The molecule has 4 heteroatoms. The molecule has 1 unspecified atom stereocenters. The van der Waals surface area contributed by atoms with E-state index in [9.17, 15) is 5.11 Å².